The van der Waals surface area contributed by atoms with Crippen molar-refractivity contribution in [3.63, 3.8) is 0 Å². The molecule has 0 fully saturated rings. The Labute approximate surface area is 107 Å². The molecule has 0 aliphatic carbocycles. The van der Waals surface area contributed by atoms with Crippen molar-refractivity contribution in [3.8, 4) is 5.75 Å². The lowest BCUT2D eigenvalue weighted by molar-refractivity contribution is -0.153. The van der Waals surface area contributed by atoms with Gasteiger partial charge in [-0.3, -0.25) is 5.43 Å². The minimum absolute atomic E-state index is 0.00396. The Balaban J connectivity index is 2.62. The topological polar surface area (TPSA) is 59.6 Å². The summed E-state index contributed by atoms with van der Waals surface area (Å²) in [4.78, 5) is 0. The number of benzene rings is 1. The molecule has 0 saturated heterocycles. The van der Waals surface area contributed by atoms with Crippen LogP contribution in [0.15, 0.2) is 29.4 Å². The van der Waals surface area contributed by atoms with Crippen molar-refractivity contribution >= 4 is 23.5 Å². The number of nitrogens with two attached hydrogens (primary N) is 1. The number of nitrogens with zero attached hydrogens (tertiary/aromatic N) is 1. The van der Waals surface area contributed by atoms with Gasteiger partial charge in [0.05, 0.1) is 6.21 Å². The Bertz CT molecular complexity index is 448. The quantitative estimate of drug-likeness (QED) is 0.500. The SMILES string of the molecule is NC(=S)NN=Cc1cccc(OCC(F)(F)F)c1. The van der Waals surface area contributed by atoms with Crippen molar-refractivity contribution < 1.29 is 17.9 Å². The molecule has 1 rings (SSSR count). The molecular formula is C10H10F3N3OS. The van der Waals surface area contributed by atoms with Crippen molar-refractivity contribution in [2.24, 2.45) is 10.8 Å². The largest absolute Gasteiger partial charge is 0.484 e. The molecule has 0 bridgehead atoms. The number of alkyl halides is 3. The molecule has 8 heteroatoms. The molecule has 1 aromatic carbocycles. The molecule has 0 heterocycles. The maximum Gasteiger partial charge on any atom is 0.422 e. The van der Waals surface area contributed by atoms with Crippen LogP contribution in [0.2, 0.25) is 0 Å². The third-order valence-electron chi connectivity index (χ3n) is 1.65. The van der Waals surface area contributed by atoms with E-state index in [-0.39, 0.29) is 10.9 Å². The van der Waals surface area contributed by atoms with Gasteiger partial charge in [0, 0.05) is 0 Å². The highest BCUT2D eigenvalue weighted by Gasteiger charge is 2.28. The van der Waals surface area contributed by atoms with Crippen LogP contribution >= 0.6 is 12.2 Å². The zero-order valence-electron chi connectivity index (χ0n) is 9.07. The van der Waals surface area contributed by atoms with Crippen LogP contribution < -0.4 is 15.9 Å². The molecule has 0 saturated carbocycles. The van der Waals surface area contributed by atoms with Gasteiger partial charge in [0.2, 0.25) is 0 Å². The van der Waals surface area contributed by atoms with Gasteiger partial charge in [0.1, 0.15) is 5.75 Å². The molecule has 1 aromatic rings. The zero-order chi connectivity index (χ0) is 13.6. The number of rotatable bonds is 4. The Morgan fingerprint density at radius 3 is 2.83 bits per heavy atom. The highest BCUT2D eigenvalue weighted by molar-refractivity contribution is 7.80. The van der Waals surface area contributed by atoms with Crippen LogP contribution in [-0.2, 0) is 0 Å². The van der Waals surface area contributed by atoms with Crippen molar-refractivity contribution in [3.05, 3.63) is 29.8 Å². The van der Waals surface area contributed by atoms with E-state index in [1.807, 2.05) is 0 Å². The summed E-state index contributed by atoms with van der Waals surface area (Å²) in [5.41, 5.74) is 8.02. The number of nitrogens with one attached hydrogen (secondary N) is 1. The second-order valence-electron chi connectivity index (χ2n) is 3.21. The second-order valence-corrected chi connectivity index (χ2v) is 3.65. The van der Waals surface area contributed by atoms with E-state index in [4.69, 9.17) is 5.73 Å². The van der Waals surface area contributed by atoms with Gasteiger partial charge in [-0.25, -0.2) is 0 Å². The maximum absolute atomic E-state index is 11.9. The molecule has 18 heavy (non-hydrogen) atoms. The molecule has 0 radical (unpaired) electrons. The monoisotopic (exact) mass is 277 g/mol. The van der Waals surface area contributed by atoms with Crippen molar-refractivity contribution in [2.75, 3.05) is 6.61 Å². The van der Waals surface area contributed by atoms with E-state index in [1.165, 1.54) is 18.3 Å². The van der Waals surface area contributed by atoms with Crippen LogP contribution in [0.1, 0.15) is 5.56 Å². The number of halogens is 3. The summed E-state index contributed by atoms with van der Waals surface area (Å²) < 4.78 is 40.4. The fourth-order valence-electron chi connectivity index (χ4n) is 1.02. The molecule has 0 atom stereocenters. The average Bonchev–Trinajstić information content (AvgIpc) is 2.26. The first-order valence-electron chi connectivity index (χ1n) is 4.75. The summed E-state index contributed by atoms with van der Waals surface area (Å²) in [6.07, 6.45) is -3.00. The third kappa shape index (κ3) is 6.04. The van der Waals surface area contributed by atoms with Crippen LogP contribution in [0.5, 0.6) is 5.75 Å². The fraction of sp³-hybridized carbons (Fsp3) is 0.200. The van der Waals surface area contributed by atoms with E-state index < -0.39 is 12.8 Å². The maximum atomic E-state index is 11.9. The summed E-state index contributed by atoms with van der Waals surface area (Å²) in [6.45, 7) is -1.33. The summed E-state index contributed by atoms with van der Waals surface area (Å²) in [5.74, 6) is 0.103. The minimum Gasteiger partial charge on any atom is -0.484 e. The van der Waals surface area contributed by atoms with E-state index in [9.17, 15) is 13.2 Å². The highest BCUT2D eigenvalue weighted by atomic mass is 32.1. The number of hydrogen-bond donors (Lipinski definition) is 2. The van der Waals surface area contributed by atoms with Gasteiger partial charge in [-0.05, 0) is 29.9 Å². The second kappa shape index (κ2) is 6.20. The van der Waals surface area contributed by atoms with E-state index in [0.717, 1.165) is 0 Å². The molecule has 3 N–H and O–H groups in total. The Kier molecular flexibility index (Phi) is 4.90. The molecule has 0 spiro atoms. The van der Waals surface area contributed by atoms with E-state index in [0.29, 0.717) is 5.56 Å². The number of hydrogen-bond acceptors (Lipinski definition) is 3. The molecule has 98 valence electrons. The van der Waals surface area contributed by atoms with Crippen molar-refractivity contribution in [1.82, 2.24) is 5.43 Å². The number of thiocarbonyl (C=S) groups is 1. The Hall–Kier alpha value is -1.83. The predicted octanol–water partition coefficient (Wildman–Crippen LogP) is 1.79. The summed E-state index contributed by atoms with van der Waals surface area (Å²) in [6, 6.07) is 6.03. The van der Waals surface area contributed by atoms with Gasteiger partial charge < -0.3 is 10.5 Å². The van der Waals surface area contributed by atoms with Gasteiger partial charge in [-0.15, -0.1) is 0 Å². The summed E-state index contributed by atoms with van der Waals surface area (Å²) >= 11 is 4.52. The smallest absolute Gasteiger partial charge is 0.422 e. The first-order chi connectivity index (χ1) is 8.37. The average molecular weight is 277 g/mol. The first kappa shape index (κ1) is 14.2. The van der Waals surface area contributed by atoms with Crippen LogP contribution in [-0.4, -0.2) is 24.1 Å². The van der Waals surface area contributed by atoms with Crippen LogP contribution in [0.25, 0.3) is 0 Å². The van der Waals surface area contributed by atoms with Crippen LogP contribution in [0.3, 0.4) is 0 Å². The van der Waals surface area contributed by atoms with Crippen LogP contribution in [0, 0.1) is 0 Å². The van der Waals surface area contributed by atoms with Gasteiger partial charge in [0.25, 0.3) is 0 Å². The van der Waals surface area contributed by atoms with E-state index >= 15 is 0 Å². The molecule has 0 amide bonds. The Morgan fingerprint density at radius 2 is 2.22 bits per heavy atom. The van der Waals surface area contributed by atoms with E-state index in [2.05, 4.69) is 27.5 Å². The fourth-order valence-corrected chi connectivity index (χ4v) is 1.07. The normalized spacial score (nSPS) is 11.5. The van der Waals surface area contributed by atoms with Gasteiger partial charge in [-0.2, -0.15) is 18.3 Å². The number of ether oxygens (including phenoxy) is 1. The molecule has 4 nitrogen and oxygen atoms in total. The highest BCUT2D eigenvalue weighted by Crippen LogP contribution is 2.18. The van der Waals surface area contributed by atoms with Gasteiger partial charge in [0.15, 0.2) is 11.7 Å². The molecule has 0 aliphatic rings. The third-order valence-corrected chi connectivity index (χ3v) is 1.74. The minimum atomic E-state index is -4.36. The standard InChI is InChI=1S/C10H10F3N3OS/c11-10(12,13)6-17-8-3-1-2-7(4-8)5-15-16-9(14)18/h1-5H,6H2,(H3,14,16,18). The zero-order valence-corrected chi connectivity index (χ0v) is 9.89. The Morgan fingerprint density at radius 1 is 1.50 bits per heavy atom. The summed E-state index contributed by atoms with van der Waals surface area (Å²) in [5, 5.41) is 3.67. The molecule has 0 aromatic heterocycles. The predicted molar refractivity (Wildman–Crippen MR) is 65.5 cm³/mol. The lowest BCUT2D eigenvalue weighted by atomic mass is 10.2. The van der Waals surface area contributed by atoms with Crippen molar-refractivity contribution in [2.45, 2.75) is 6.18 Å². The van der Waals surface area contributed by atoms with Gasteiger partial charge >= 0.3 is 6.18 Å². The first-order valence-corrected chi connectivity index (χ1v) is 5.16. The summed E-state index contributed by atoms with van der Waals surface area (Å²) in [7, 11) is 0. The molecule has 0 unspecified atom stereocenters. The molecular weight excluding hydrogens is 267 g/mol. The van der Waals surface area contributed by atoms with E-state index in [1.54, 1.807) is 12.1 Å². The molecule has 0 aliphatic heterocycles. The van der Waals surface area contributed by atoms with Gasteiger partial charge in [-0.1, -0.05) is 12.1 Å². The lowest BCUT2D eigenvalue weighted by Crippen LogP contribution is -2.24. The van der Waals surface area contributed by atoms with Crippen LogP contribution in [0.4, 0.5) is 13.2 Å². The van der Waals surface area contributed by atoms with Crippen molar-refractivity contribution in [1.29, 1.82) is 0 Å². The lowest BCUT2D eigenvalue weighted by Gasteiger charge is -2.09. The number of hydrazone groups is 1.